The van der Waals surface area contributed by atoms with E-state index in [2.05, 4.69) is 5.32 Å². The van der Waals surface area contributed by atoms with Crippen molar-refractivity contribution >= 4 is 34.7 Å². The quantitative estimate of drug-likeness (QED) is 0.659. The van der Waals surface area contributed by atoms with Crippen molar-refractivity contribution in [3.63, 3.8) is 0 Å². The number of carboxylic acid groups (broad SMARTS) is 1. The zero-order chi connectivity index (χ0) is 24.2. The van der Waals surface area contributed by atoms with Gasteiger partial charge < -0.3 is 15.3 Å². The third-order valence-electron chi connectivity index (χ3n) is 6.48. The summed E-state index contributed by atoms with van der Waals surface area (Å²) in [5.41, 5.74) is 2.78. The Balaban J connectivity index is 1.63. The minimum atomic E-state index is -1.03. The highest BCUT2D eigenvalue weighted by Gasteiger charge is 2.44. The van der Waals surface area contributed by atoms with Gasteiger partial charge >= 0.3 is 5.97 Å². The number of fused-ring (bicyclic) bond motifs is 3. The largest absolute Gasteiger partial charge is 0.480 e. The second-order valence-electron chi connectivity index (χ2n) is 8.80. The number of thioether (sulfide) groups is 1. The molecule has 8 heteroatoms. The molecule has 0 unspecified atom stereocenters. The van der Waals surface area contributed by atoms with Crippen LogP contribution >= 0.6 is 11.8 Å². The summed E-state index contributed by atoms with van der Waals surface area (Å²) in [6, 6.07) is 14.9. The van der Waals surface area contributed by atoms with E-state index >= 15 is 0 Å². The van der Waals surface area contributed by atoms with Crippen LogP contribution in [0.3, 0.4) is 0 Å². The van der Waals surface area contributed by atoms with E-state index in [1.165, 1.54) is 11.8 Å². The second kappa shape index (κ2) is 10.4. The Kier molecular flexibility index (Phi) is 7.36. The summed E-state index contributed by atoms with van der Waals surface area (Å²) in [6.45, 7) is 1.42. The first kappa shape index (κ1) is 24.0. The molecule has 4 rings (SSSR count). The van der Waals surface area contributed by atoms with Crippen LogP contribution in [0.5, 0.6) is 0 Å². The highest BCUT2D eigenvalue weighted by atomic mass is 32.2. The van der Waals surface area contributed by atoms with Crippen molar-refractivity contribution in [3.05, 3.63) is 71.3 Å². The van der Waals surface area contributed by atoms with Crippen LogP contribution in [0.2, 0.25) is 0 Å². The lowest BCUT2D eigenvalue weighted by Gasteiger charge is -2.40. The molecule has 0 aliphatic carbocycles. The van der Waals surface area contributed by atoms with Crippen molar-refractivity contribution in [2.75, 3.05) is 0 Å². The van der Waals surface area contributed by atoms with Crippen LogP contribution < -0.4 is 5.32 Å². The van der Waals surface area contributed by atoms with E-state index in [4.69, 9.17) is 0 Å². The summed E-state index contributed by atoms with van der Waals surface area (Å²) in [4.78, 5) is 52.4. The van der Waals surface area contributed by atoms with E-state index in [1.54, 1.807) is 0 Å². The molecule has 7 nitrogen and oxygen atoms in total. The van der Waals surface area contributed by atoms with Gasteiger partial charge in [0.2, 0.25) is 11.8 Å². The fourth-order valence-corrected chi connectivity index (χ4v) is 5.83. The van der Waals surface area contributed by atoms with Crippen LogP contribution in [0.15, 0.2) is 54.6 Å². The van der Waals surface area contributed by atoms with Gasteiger partial charge in [-0.25, -0.2) is 4.79 Å². The summed E-state index contributed by atoms with van der Waals surface area (Å²) in [5, 5.41) is 11.8. The summed E-state index contributed by atoms with van der Waals surface area (Å²) >= 11 is 0.941. The number of aliphatic carboxylic acids is 1. The van der Waals surface area contributed by atoms with Gasteiger partial charge in [-0.1, -0.05) is 66.4 Å². The Labute approximate surface area is 202 Å². The van der Waals surface area contributed by atoms with E-state index in [0.29, 0.717) is 25.7 Å². The average molecular weight is 481 g/mol. The standard InChI is InChI=1S/C26H28N2O5S/c1-16(29)34-23(14-17-8-3-2-4-9-17)24(30)27-20-15-18-10-5-6-11-19(18)21-12-7-13-22(26(32)33)28(21)25(20)31/h2-6,8-11,20-23H,7,12-15H2,1H3,(H,27,30)(H,32,33)/t20-,21-,22+,23+/m1/s1. The molecule has 0 bridgehead atoms. The molecule has 0 radical (unpaired) electrons. The molecule has 2 heterocycles. The number of hydrogen-bond donors (Lipinski definition) is 2. The van der Waals surface area contributed by atoms with Crippen LogP contribution in [0.1, 0.15) is 48.9 Å². The van der Waals surface area contributed by atoms with Crippen molar-refractivity contribution in [2.45, 2.75) is 62.4 Å². The molecule has 0 aromatic heterocycles. The molecule has 2 aromatic rings. The van der Waals surface area contributed by atoms with Gasteiger partial charge in [-0.05, 0) is 42.4 Å². The third kappa shape index (κ3) is 5.17. The number of nitrogens with zero attached hydrogens (tertiary/aromatic N) is 1. The maximum atomic E-state index is 13.7. The summed E-state index contributed by atoms with van der Waals surface area (Å²) in [7, 11) is 0. The molecular formula is C26H28N2O5S. The van der Waals surface area contributed by atoms with Crippen LogP contribution in [-0.4, -0.2) is 50.2 Å². The highest BCUT2D eigenvalue weighted by molar-refractivity contribution is 8.14. The molecule has 1 saturated heterocycles. The Hall–Kier alpha value is -3.13. The Bertz CT molecular complexity index is 1090. The molecule has 2 N–H and O–H groups in total. The first-order chi connectivity index (χ1) is 16.3. The molecule has 2 aromatic carbocycles. The molecular weight excluding hydrogens is 452 g/mol. The maximum absolute atomic E-state index is 13.7. The van der Waals surface area contributed by atoms with E-state index < -0.39 is 29.2 Å². The smallest absolute Gasteiger partial charge is 0.326 e. The van der Waals surface area contributed by atoms with Crippen molar-refractivity contribution in [1.82, 2.24) is 10.2 Å². The Morgan fingerprint density at radius 1 is 1.09 bits per heavy atom. The van der Waals surface area contributed by atoms with Gasteiger partial charge in [0.25, 0.3) is 0 Å². The highest BCUT2D eigenvalue weighted by Crippen LogP contribution is 2.39. The monoisotopic (exact) mass is 480 g/mol. The number of rotatable bonds is 6. The molecule has 178 valence electrons. The van der Waals surface area contributed by atoms with Gasteiger partial charge in [-0.2, -0.15) is 0 Å². The van der Waals surface area contributed by atoms with Crippen molar-refractivity contribution in [1.29, 1.82) is 0 Å². The first-order valence-electron chi connectivity index (χ1n) is 11.5. The van der Waals surface area contributed by atoms with Crippen LogP contribution in [0.4, 0.5) is 0 Å². The van der Waals surface area contributed by atoms with Crippen LogP contribution in [0, 0.1) is 0 Å². The lowest BCUT2D eigenvalue weighted by molar-refractivity contribution is -0.156. The zero-order valence-corrected chi connectivity index (χ0v) is 19.8. The summed E-state index contributed by atoms with van der Waals surface area (Å²) < 4.78 is 0. The van der Waals surface area contributed by atoms with Gasteiger partial charge in [-0.3, -0.25) is 14.4 Å². The topological polar surface area (TPSA) is 104 Å². The number of benzene rings is 2. The number of carbonyl (C=O) groups is 4. The molecule has 0 spiro atoms. The number of carbonyl (C=O) groups excluding carboxylic acids is 3. The number of hydrogen-bond acceptors (Lipinski definition) is 5. The SMILES string of the molecule is CC(=O)S[C@@H](Cc1ccccc1)C(=O)N[C@@H]1Cc2ccccc2[C@H]2CCC[C@@H](C(=O)O)N2C1=O. The van der Waals surface area contributed by atoms with Crippen LogP contribution in [-0.2, 0) is 32.0 Å². The molecule has 2 amide bonds. The molecule has 1 fully saturated rings. The predicted octanol–water partition coefficient (Wildman–Crippen LogP) is 3.13. The van der Waals surface area contributed by atoms with Crippen molar-refractivity contribution < 1.29 is 24.3 Å². The van der Waals surface area contributed by atoms with Gasteiger partial charge in [0.1, 0.15) is 12.1 Å². The lowest BCUT2D eigenvalue weighted by Crippen LogP contribution is -2.56. The number of amides is 2. The minimum Gasteiger partial charge on any atom is -0.480 e. The second-order valence-corrected chi connectivity index (χ2v) is 10.2. The minimum absolute atomic E-state index is 0.185. The molecule has 2 aliphatic heterocycles. The van der Waals surface area contributed by atoms with Crippen molar-refractivity contribution in [2.24, 2.45) is 0 Å². The molecule has 2 aliphatic rings. The van der Waals surface area contributed by atoms with Gasteiger partial charge in [0.15, 0.2) is 5.12 Å². The van der Waals surface area contributed by atoms with Gasteiger partial charge in [-0.15, -0.1) is 0 Å². The zero-order valence-electron chi connectivity index (χ0n) is 19.0. The van der Waals surface area contributed by atoms with E-state index in [0.717, 1.165) is 28.5 Å². The molecule has 4 atom stereocenters. The van der Waals surface area contributed by atoms with Gasteiger partial charge in [0, 0.05) is 13.3 Å². The molecule has 0 saturated carbocycles. The summed E-state index contributed by atoms with van der Waals surface area (Å²) in [5.74, 6) is -1.81. The predicted molar refractivity (Wildman–Crippen MR) is 129 cm³/mol. The molecule has 34 heavy (non-hydrogen) atoms. The van der Waals surface area contributed by atoms with Crippen molar-refractivity contribution in [3.8, 4) is 0 Å². The first-order valence-corrected chi connectivity index (χ1v) is 12.4. The normalized spacial score (nSPS) is 22.7. The number of piperidine rings is 1. The third-order valence-corrected chi connectivity index (χ3v) is 7.48. The van der Waals surface area contributed by atoms with Gasteiger partial charge in [0.05, 0.1) is 11.3 Å². The average Bonchev–Trinajstić information content (AvgIpc) is 2.94. The Morgan fingerprint density at radius 3 is 2.50 bits per heavy atom. The van der Waals surface area contributed by atoms with E-state index in [9.17, 15) is 24.3 Å². The number of nitrogens with one attached hydrogen (secondary N) is 1. The lowest BCUT2D eigenvalue weighted by atomic mass is 9.89. The fourth-order valence-electron chi connectivity index (χ4n) is 4.98. The Morgan fingerprint density at radius 2 is 1.79 bits per heavy atom. The maximum Gasteiger partial charge on any atom is 0.326 e. The fraction of sp³-hybridized carbons (Fsp3) is 0.385. The van der Waals surface area contributed by atoms with E-state index in [-0.39, 0.29) is 23.5 Å². The summed E-state index contributed by atoms with van der Waals surface area (Å²) in [6.07, 6.45) is 2.41. The van der Waals surface area contributed by atoms with Crippen LogP contribution in [0.25, 0.3) is 0 Å². The van der Waals surface area contributed by atoms with E-state index in [1.807, 2.05) is 54.6 Å². The number of carboxylic acids is 1.